The van der Waals surface area contributed by atoms with Gasteiger partial charge >= 0.3 is 6.18 Å². The number of likely N-dealkylation sites (tertiary alicyclic amines) is 1. The quantitative estimate of drug-likeness (QED) is 0.925. The Bertz CT molecular complexity index is 666. The molecule has 1 N–H and O–H groups in total. The third-order valence-electron chi connectivity index (χ3n) is 4.06. The Kier molecular flexibility index (Phi) is 3.72. The molecule has 5 nitrogen and oxygen atoms in total. The van der Waals surface area contributed by atoms with Crippen LogP contribution in [0.15, 0.2) is 18.5 Å². The van der Waals surface area contributed by atoms with Gasteiger partial charge < -0.3 is 5.32 Å². The van der Waals surface area contributed by atoms with Crippen LogP contribution in [0.25, 0.3) is 5.52 Å². The highest BCUT2D eigenvalue weighted by molar-refractivity contribution is 5.68. The van der Waals surface area contributed by atoms with Crippen LogP contribution in [0, 0.1) is 6.92 Å². The molecule has 0 radical (unpaired) electrons. The molecule has 0 aromatic carbocycles. The molecule has 1 aliphatic rings. The Morgan fingerprint density at radius 3 is 2.77 bits per heavy atom. The van der Waals surface area contributed by atoms with E-state index in [1.165, 1.54) is 11.9 Å². The second-order valence-electron chi connectivity index (χ2n) is 5.81. The average Bonchev–Trinajstić information content (AvgIpc) is 2.79. The smallest absolute Gasteiger partial charge is 0.364 e. The lowest BCUT2D eigenvalue weighted by molar-refractivity contribution is -0.187. The van der Waals surface area contributed by atoms with Crippen molar-refractivity contribution in [3.8, 4) is 0 Å². The van der Waals surface area contributed by atoms with Crippen molar-refractivity contribution in [1.29, 1.82) is 0 Å². The van der Waals surface area contributed by atoms with E-state index in [-0.39, 0.29) is 12.5 Å². The van der Waals surface area contributed by atoms with E-state index in [1.54, 1.807) is 16.9 Å². The van der Waals surface area contributed by atoms with Gasteiger partial charge in [0.05, 0.1) is 5.69 Å². The fraction of sp³-hybridized carbons (Fsp3) is 0.571. The van der Waals surface area contributed by atoms with E-state index in [2.05, 4.69) is 15.4 Å². The lowest BCUT2D eigenvalue weighted by Crippen LogP contribution is -2.52. The molecule has 120 valence electrons. The number of rotatable bonds is 2. The number of nitrogens with one attached hydrogen (secondary N) is 1. The van der Waals surface area contributed by atoms with E-state index in [4.69, 9.17) is 0 Å². The largest absolute Gasteiger partial charge is 0.404 e. The standard InChI is InChI=1S/C14H18F3N5/c1-9-7-11-13(18-5-6-22(11)20-9)19-10-3-4-12(14(15,16)17)21(2)8-10/h5-7,10,12H,3-4,8H2,1-2H3,(H,18,19)/t10-,12+/m1/s1. The first-order chi connectivity index (χ1) is 10.3. The van der Waals surface area contributed by atoms with E-state index in [0.717, 1.165) is 11.2 Å². The molecule has 1 fully saturated rings. The Balaban J connectivity index is 1.74. The van der Waals surface area contributed by atoms with Crippen LogP contribution in [0.4, 0.5) is 19.0 Å². The zero-order valence-corrected chi connectivity index (χ0v) is 12.4. The Labute approximate surface area is 126 Å². The zero-order chi connectivity index (χ0) is 15.9. The normalized spacial score (nSPS) is 23.9. The highest BCUT2D eigenvalue weighted by Crippen LogP contribution is 2.31. The molecule has 3 heterocycles. The van der Waals surface area contributed by atoms with Crippen molar-refractivity contribution in [3.05, 3.63) is 24.2 Å². The van der Waals surface area contributed by atoms with Crippen LogP contribution in [0.3, 0.4) is 0 Å². The first-order valence-corrected chi connectivity index (χ1v) is 7.19. The SMILES string of the molecule is Cc1cc2c(N[C@@H]3CC[C@@H](C(F)(F)F)N(C)C3)nccn2n1. The second kappa shape index (κ2) is 5.42. The van der Waals surface area contributed by atoms with Gasteiger partial charge in [-0.25, -0.2) is 9.50 Å². The van der Waals surface area contributed by atoms with Crippen LogP contribution in [0.2, 0.25) is 0 Å². The summed E-state index contributed by atoms with van der Waals surface area (Å²) in [4.78, 5) is 5.66. The molecule has 2 atom stereocenters. The van der Waals surface area contributed by atoms with E-state index < -0.39 is 12.2 Å². The van der Waals surface area contributed by atoms with Crippen LogP contribution >= 0.6 is 0 Å². The fourth-order valence-corrected chi connectivity index (χ4v) is 3.03. The molecule has 8 heteroatoms. The maximum atomic E-state index is 12.9. The predicted octanol–water partition coefficient (Wildman–Crippen LogP) is 2.47. The Hall–Kier alpha value is -1.83. The topological polar surface area (TPSA) is 45.5 Å². The minimum atomic E-state index is -4.17. The van der Waals surface area contributed by atoms with Gasteiger partial charge in [-0.3, -0.25) is 4.90 Å². The fourth-order valence-electron chi connectivity index (χ4n) is 3.03. The number of alkyl halides is 3. The van der Waals surface area contributed by atoms with Crippen LogP contribution in [-0.4, -0.2) is 51.4 Å². The van der Waals surface area contributed by atoms with Crippen LogP contribution in [-0.2, 0) is 0 Å². The first kappa shape index (κ1) is 15.1. The number of anilines is 1. The van der Waals surface area contributed by atoms with E-state index in [1.807, 2.05) is 13.0 Å². The molecule has 0 spiro atoms. The minimum absolute atomic E-state index is 0.0579. The summed E-state index contributed by atoms with van der Waals surface area (Å²) in [5, 5.41) is 7.56. The summed E-state index contributed by atoms with van der Waals surface area (Å²) in [7, 11) is 1.52. The van der Waals surface area contributed by atoms with E-state index in [0.29, 0.717) is 18.8 Å². The highest BCUT2D eigenvalue weighted by atomic mass is 19.4. The molecule has 0 amide bonds. The van der Waals surface area contributed by atoms with Gasteiger partial charge in [0, 0.05) is 25.0 Å². The van der Waals surface area contributed by atoms with Crippen molar-refractivity contribution in [3.63, 3.8) is 0 Å². The zero-order valence-electron chi connectivity index (χ0n) is 12.4. The van der Waals surface area contributed by atoms with Gasteiger partial charge in [0.2, 0.25) is 0 Å². The lowest BCUT2D eigenvalue weighted by atomic mass is 9.98. The van der Waals surface area contributed by atoms with Crippen molar-refractivity contribution < 1.29 is 13.2 Å². The third kappa shape index (κ3) is 2.87. The number of likely N-dealkylation sites (N-methyl/N-ethyl adjacent to an activating group) is 1. The van der Waals surface area contributed by atoms with Crippen molar-refractivity contribution in [2.75, 3.05) is 18.9 Å². The van der Waals surface area contributed by atoms with Gasteiger partial charge in [0.25, 0.3) is 0 Å². The molecule has 1 saturated heterocycles. The maximum Gasteiger partial charge on any atom is 0.404 e. The third-order valence-corrected chi connectivity index (χ3v) is 4.06. The summed E-state index contributed by atoms with van der Waals surface area (Å²) in [6, 6.07) is 0.490. The molecule has 22 heavy (non-hydrogen) atoms. The Morgan fingerprint density at radius 1 is 1.32 bits per heavy atom. The first-order valence-electron chi connectivity index (χ1n) is 7.19. The summed E-state index contributed by atoms with van der Waals surface area (Å²) >= 11 is 0. The van der Waals surface area contributed by atoms with Gasteiger partial charge in [0.15, 0.2) is 5.82 Å². The number of halogens is 3. The molecular weight excluding hydrogens is 295 g/mol. The predicted molar refractivity (Wildman–Crippen MR) is 76.8 cm³/mol. The van der Waals surface area contributed by atoms with Crippen LogP contribution < -0.4 is 5.32 Å². The minimum Gasteiger partial charge on any atom is -0.364 e. The van der Waals surface area contributed by atoms with Gasteiger partial charge in [-0.15, -0.1) is 0 Å². The van der Waals surface area contributed by atoms with Crippen molar-refractivity contribution in [2.24, 2.45) is 0 Å². The molecule has 2 aromatic heterocycles. The molecular formula is C14H18F3N5. The summed E-state index contributed by atoms with van der Waals surface area (Å²) in [5.41, 5.74) is 1.70. The summed E-state index contributed by atoms with van der Waals surface area (Å²) in [6.07, 6.45) is -0.225. The van der Waals surface area contributed by atoms with E-state index in [9.17, 15) is 13.2 Å². The van der Waals surface area contributed by atoms with Crippen molar-refractivity contribution in [2.45, 2.75) is 38.0 Å². The summed E-state index contributed by atoms with van der Waals surface area (Å²) in [5.74, 6) is 0.659. The summed E-state index contributed by atoms with van der Waals surface area (Å²) in [6.45, 7) is 2.22. The van der Waals surface area contributed by atoms with Gasteiger partial charge in [-0.05, 0) is 32.9 Å². The number of aryl methyl sites for hydroxylation is 1. The van der Waals surface area contributed by atoms with Gasteiger partial charge in [-0.1, -0.05) is 0 Å². The average molecular weight is 313 g/mol. The molecule has 0 saturated carbocycles. The molecule has 0 aliphatic carbocycles. The number of aromatic nitrogens is 3. The maximum absolute atomic E-state index is 12.9. The van der Waals surface area contributed by atoms with Crippen LogP contribution in [0.5, 0.6) is 0 Å². The summed E-state index contributed by atoms with van der Waals surface area (Å²) < 4.78 is 40.3. The Morgan fingerprint density at radius 2 is 2.09 bits per heavy atom. The number of hydrogen-bond donors (Lipinski definition) is 1. The molecule has 0 unspecified atom stereocenters. The van der Waals surface area contributed by atoms with Crippen molar-refractivity contribution >= 4 is 11.3 Å². The number of fused-ring (bicyclic) bond motifs is 1. The van der Waals surface area contributed by atoms with Gasteiger partial charge in [-0.2, -0.15) is 18.3 Å². The highest BCUT2D eigenvalue weighted by Gasteiger charge is 2.44. The molecule has 0 bridgehead atoms. The monoisotopic (exact) mass is 313 g/mol. The second-order valence-corrected chi connectivity index (χ2v) is 5.81. The van der Waals surface area contributed by atoms with E-state index >= 15 is 0 Å². The van der Waals surface area contributed by atoms with Crippen molar-refractivity contribution in [1.82, 2.24) is 19.5 Å². The van der Waals surface area contributed by atoms with Crippen LogP contribution in [0.1, 0.15) is 18.5 Å². The molecule has 1 aliphatic heterocycles. The number of hydrogen-bond acceptors (Lipinski definition) is 4. The lowest BCUT2D eigenvalue weighted by Gasteiger charge is -2.38. The number of piperidine rings is 1. The molecule has 3 rings (SSSR count). The van der Waals surface area contributed by atoms with Gasteiger partial charge in [0.1, 0.15) is 11.6 Å². The number of nitrogens with zero attached hydrogens (tertiary/aromatic N) is 4. The molecule has 2 aromatic rings.